The van der Waals surface area contributed by atoms with Gasteiger partial charge in [0.05, 0.1) is 12.8 Å². The van der Waals surface area contributed by atoms with Gasteiger partial charge in [-0.25, -0.2) is 4.79 Å². The van der Waals surface area contributed by atoms with Gasteiger partial charge in [-0.2, -0.15) is 0 Å². The lowest BCUT2D eigenvalue weighted by molar-refractivity contribution is 0.0901. The molecule has 0 spiro atoms. The topological polar surface area (TPSA) is 85.6 Å². The van der Waals surface area contributed by atoms with Crippen molar-refractivity contribution in [2.45, 2.75) is 38.3 Å². The Morgan fingerprint density at radius 3 is 2.88 bits per heavy atom. The number of rotatable bonds is 7. The molecule has 2 atom stereocenters. The molecule has 140 valence electrons. The van der Waals surface area contributed by atoms with E-state index >= 15 is 0 Å². The van der Waals surface area contributed by atoms with Crippen LogP contribution in [0.25, 0.3) is 0 Å². The quantitative estimate of drug-likeness (QED) is 0.789. The molecule has 0 aliphatic carbocycles. The maximum atomic E-state index is 12.1. The SMILES string of the molecule is COc1ccc(CC2NCCC2OC(=O)NCCc2cc(C)on2)cc1. The summed E-state index contributed by atoms with van der Waals surface area (Å²) in [5.41, 5.74) is 2.00. The Hall–Kier alpha value is -2.54. The second-order valence-corrected chi connectivity index (χ2v) is 6.45. The van der Waals surface area contributed by atoms with Gasteiger partial charge in [0.25, 0.3) is 0 Å². The summed E-state index contributed by atoms with van der Waals surface area (Å²) in [5.74, 6) is 1.60. The van der Waals surface area contributed by atoms with Crippen molar-refractivity contribution in [3.05, 3.63) is 47.3 Å². The third-order valence-electron chi connectivity index (χ3n) is 4.48. The molecule has 1 aliphatic rings. The van der Waals surface area contributed by atoms with E-state index in [-0.39, 0.29) is 12.1 Å². The van der Waals surface area contributed by atoms with E-state index in [4.69, 9.17) is 14.0 Å². The molecule has 3 rings (SSSR count). The molecule has 26 heavy (non-hydrogen) atoms. The van der Waals surface area contributed by atoms with Crippen LogP contribution in [0.1, 0.15) is 23.4 Å². The van der Waals surface area contributed by atoms with Crippen LogP contribution in [0.3, 0.4) is 0 Å². The van der Waals surface area contributed by atoms with E-state index in [0.717, 1.165) is 36.6 Å². The van der Waals surface area contributed by atoms with Crippen LogP contribution in [0, 0.1) is 6.92 Å². The highest BCUT2D eigenvalue weighted by molar-refractivity contribution is 5.67. The third kappa shape index (κ3) is 4.98. The molecule has 1 amide bonds. The van der Waals surface area contributed by atoms with Crippen LogP contribution in [-0.2, 0) is 17.6 Å². The normalized spacial score (nSPS) is 19.3. The van der Waals surface area contributed by atoms with E-state index in [2.05, 4.69) is 15.8 Å². The first-order chi connectivity index (χ1) is 12.6. The number of nitrogens with zero attached hydrogens (tertiary/aromatic N) is 1. The minimum absolute atomic E-state index is 0.118. The van der Waals surface area contributed by atoms with Gasteiger partial charge in [0, 0.05) is 25.1 Å². The van der Waals surface area contributed by atoms with Crippen molar-refractivity contribution < 1.29 is 18.8 Å². The molecule has 1 aliphatic heterocycles. The van der Waals surface area contributed by atoms with Crippen molar-refractivity contribution in [1.29, 1.82) is 0 Å². The second kappa shape index (κ2) is 8.71. The van der Waals surface area contributed by atoms with Gasteiger partial charge in [0.15, 0.2) is 0 Å². The molecule has 7 nitrogen and oxygen atoms in total. The summed E-state index contributed by atoms with van der Waals surface area (Å²) in [6.07, 6.45) is 1.71. The smallest absolute Gasteiger partial charge is 0.407 e. The lowest BCUT2D eigenvalue weighted by Gasteiger charge is -2.20. The number of alkyl carbamates (subject to hydrolysis) is 1. The molecule has 0 bridgehead atoms. The number of aromatic nitrogens is 1. The Bertz CT molecular complexity index is 714. The number of hydrogen-bond acceptors (Lipinski definition) is 6. The molecule has 0 saturated carbocycles. The summed E-state index contributed by atoms with van der Waals surface area (Å²) in [7, 11) is 1.65. The first-order valence-corrected chi connectivity index (χ1v) is 8.87. The average Bonchev–Trinajstić information content (AvgIpc) is 3.25. The van der Waals surface area contributed by atoms with Crippen molar-refractivity contribution >= 4 is 6.09 Å². The van der Waals surface area contributed by atoms with E-state index in [9.17, 15) is 4.79 Å². The number of amides is 1. The fourth-order valence-corrected chi connectivity index (χ4v) is 3.11. The molecule has 1 saturated heterocycles. The summed E-state index contributed by atoms with van der Waals surface area (Å²) in [4.78, 5) is 12.1. The summed E-state index contributed by atoms with van der Waals surface area (Å²) < 4.78 is 15.8. The zero-order valence-electron chi connectivity index (χ0n) is 15.2. The van der Waals surface area contributed by atoms with Gasteiger partial charge in [0.1, 0.15) is 17.6 Å². The Kier molecular flexibility index (Phi) is 6.12. The Morgan fingerprint density at radius 1 is 1.38 bits per heavy atom. The number of ether oxygens (including phenoxy) is 2. The van der Waals surface area contributed by atoms with Crippen LogP contribution in [0.2, 0.25) is 0 Å². The molecule has 1 aromatic carbocycles. The van der Waals surface area contributed by atoms with E-state index in [1.54, 1.807) is 7.11 Å². The molecular weight excluding hydrogens is 334 g/mol. The molecule has 1 fully saturated rings. The largest absolute Gasteiger partial charge is 0.497 e. The minimum atomic E-state index is -0.390. The zero-order chi connectivity index (χ0) is 18.4. The predicted octanol–water partition coefficient (Wildman–Crippen LogP) is 2.23. The molecule has 2 unspecified atom stereocenters. The van der Waals surface area contributed by atoms with Crippen molar-refractivity contribution in [2.24, 2.45) is 0 Å². The first-order valence-electron chi connectivity index (χ1n) is 8.87. The summed E-state index contributed by atoms with van der Waals surface area (Å²) >= 11 is 0. The Labute approximate surface area is 153 Å². The van der Waals surface area contributed by atoms with Crippen LogP contribution in [0.15, 0.2) is 34.9 Å². The number of methoxy groups -OCH3 is 1. The summed E-state index contributed by atoms with van der Waals surface area (Å²) in [6.45, 7) is 3.15. The lowest BCUT2D eigenvalue weighted by Crippen LogP contribution is -2.38. The molecule has 7 heteroatoms. The number of carbonyl (C=O) groups excluding carboxylic acids is 1. The molecule has 2 heterocycles. The van der Waals surface area contributed by atoms with Crippen molar-refractivity contribution in [3.63, 3.8) is 0 Å². The molecule has 0 radical (unpaired) electrons. The maximum Gasteiger partial charge on any atom is 0.407 e. The maximum absolute atomic E-state index is 12.1. The van der Waals surface area contributed by atoms with Crippen molar-refractivity contribution in [3.8, 4) is 5.75 Å². The monoisotopic (exact) mass is 359 g/mol. The van der Waals surface area contributed by atoms with Gasteiger partial charge in [-0.05, 0) is 44.0 Å². The fourth-order valence-electron chi connectivity index (χ4n) is 3.11. The standard InChI is InChI=1S/C19H25N3O4/c1-13-11-15(22-26-13)7-9-21-19(23)25-18-8-10-20-17(18)12-14-3-5-16(24-2)6-4-14/h3-6,11,17-18,20H,7-10,12H2,1-2H3,(H,21,23). The highest BCUT2D eigenvalue weighted by atomic mass is 16.6. The van der Waals surface area contributed by atoms with Gasteiger partial charge >= 0.3 is 6.09 Å². The van der Waals surface area contributed by atoms with Crippen LogP contribution < -0.4 is 15.4 Å². The number of nitrogens with one attached hydrogen (secondary N) is 2. The van der Waals surface area contributed by atoms with Crippen LogP contribution in [-0.4, -0.2) is 43.6 Å². The first kappa shape index (κ1) is 18.3. The van der Waals surface area contributed by atoms with Crippen molar-refractivity contribution in [2.75, 3.05) is 20.2 Å². The van der Waals surface area contributed by atoms with Crippen LogP contribution >= 0.6 is 0 Å². The zero-order valence-corrected chi connectivity index (χ0v) is 15.2. The average molecular weight is 359 g/mol. The van der Waals surface area contributed by atoms with Crippen LogP contribution in [0.5, 0.6) is 5.75 Å². The number of aryl methyl sites for hydroxylation is 1. The number of hydrogen-bond donors (Lipinski definition) is 2. The Morgan fingerprint density at radius 2 is 2.19 bits per heavy atom. The van der Waals surface area contributed by atoms with E-state index in [1.807, 2.05) is 37.3 Å². The molecule has 2 aromatic rings. The summed E-state index contributed by atoms with van der Waals surface area (Å²) in [5, 5.41) is 10.1. The van der Waals surface area contributed by atoms with Gasteiger partial charge in [0.2, 0.25) is 0 Å². The number of carbonyl (C=O) groups is 1. The van der Waals surface area contributed by atoms with Crippen LogP contribution in [0.4, 0.5) is 4.79 Å². The predicted molar refractivity (Wildman–Crippen MR) is 96.3 cm³/mol. The minimum Gasteiger partial charge on any atom is -0.497 e. The molecule has 2 N–H and O–H groups in total. The second-order valence-electron chi connectivity index (χ2n) is 6.45. The molecular formula is C19H25N3O4. The lowest BCUT2D eigenvalue weighted by atomic mass is 10.0. The number of benzene rings is 1. The third-order valence-corrected chi connectivity index (χ3v) is 4.48. The van der Waals surface area contributed by atoms with Gasteiger partial charge in [-0.3, -0.25) is 0 Å². The van der Waals surface area contributed by atoms with Crippen molar-refractivity contribution in [1.82, 2.24) is 15.8 Å². The molecule has 1 aromatic heterocycles. The Balaban J connectivity index is 1.44. The fraction of sp³-hybridized carbons (Fsp3) is 0.474. The van der Waals surface area contributed by atoms with E-state index < -0.39 is 6.09 Å². The highest BCUT2D eigenvalue weighted by Gasteiger charge is 2.30. The highest BCUT2D eigenvalue weighted by Crippen LogP contribution is 2.18. The van der Waals surface area contributed by atoms with Gasteiger partial charge in [-0.15, -0.1) is 0 Å². The summed E-state index contributed by atoms with van der Waals surface area (Å²) in [6, 6.07) is 9.94. The van der Waals surface area contributed by atoms with E-state index in [1.165, 1.54) is 5.56 Å². The van der Waals surface area contributed by atoms with Gasteiger partial charge in [-0.1, -0.05) is 17.3 Å². The van der Waals surface area contributed by atoms with E-state index in [0.29, 0.717) is 13.0 Å². The van der Waals surface area contributed by atoms with Gasteiger partial charge < -0.3 is 24.6 Å².